The third-order valence-electron chi connectivity index (χ3n) is 3.10. The molecule has 0 unspecified atom stereocenters. The van der Waals surface area contributed by atoms with Crippen LogP contribution in [-0.4, -0.2) is 23.3 Å². The van der Waals surface area contributed by atoms with E-state index in [1.54, 1.807) is 0 Å². The van der Waals surface area contributed by atoms with Crippen LogP contribution in [0.15, 0.2) is 23.3 Å². The maximum atomic E-state index is 11.6. The SMILES string of the molecule is CC(C)=CCC/C(C)=C/CN1C(=O)CCCC1=O. The fourth-order valence-corrected chi connectivity index (χ4v) is 1.94. The lowest BCUT2D eigenvalue weighted by atomic mass is 10.1. The van der Waals surface area contributed by atoms with Crippen LogP contribution in [-0.2, 0) is 9.59 Å². The molecule has 0 N–H and O–H groups in total. The van der Waals surface area contributed by atoms with Crippen LogP contribution < -0.4 is 0 Å². The van der Waals surface area contributed by atoms with E-state index in [9.17, 15) is 9.59 Å². The van der Waals surface area contributed by atoms with E-state index in [1.165, 1.54) is 16.0 Å². The molecule has 1 heterocycles. The number of hydrogen-bond acceptors (Lipinski definition) is 2. The minimum atomic E-state index is -0.0281. The van der Waals surface area contributed by atoms with E-state index in [-0.39, 0.29) is 11.8 Å². The quantitative estimate of drug-likeness (QED) is 0.554. The van der Waals surface area contributed by atoms with Gasteiger partial charge < -0.3 is 0 Å². The zero-order valence-corrected chi connectivity index (χ0v) is 11.7. The molecule has 2 amide bonds. The lowest BCUT2D eigenvalue weighted by molar-refractivity contribution is -0.147. The van der Waals surface area contributed by atoms with Crippen LogP contribution in [0.5, 0.6) is 0 Å². The highest BCUT2D eigenvalue weighted by atomic mass is 16.2. The van der Waals surface area contributed by atoms with Gasteiger partial charge in [0.2, 0.25) is 11.8 Å². The summed E-state index contributed by atoms with van der Waals surface area (Å²) in [7, 11) is 0. The Kier molecular flexibility index (Phi) is 5.83. The first-order valence-corrected chi connectivity index (χ1v) is 6.63. The van der Waals surface area contributed by atoms with Crippen molar-refractivity contribution < 1.29 is 9.59 Å². The van der Waals surface area contributed by atoms with Crippen molar-refractivity contribution in [2.75, 3.05) is 6.54 Å². The van der Waals surface area contributed by atoms with Gasteiger partial charge in [-0.15, -0.1) is 0 Å². The molecule has 0 aromatic rings. The molecule has 0 aliphatic carbocycles. The number of rotatable bonds is 5. The lowest BCUT2D eigenvalue weighted by Crippen LogP contribution is -2.40. The van der Waals surface area contributed by atoms with Crippen molar-refractivity contribution in [1.82, 2.24) is 4.90 Å². The standard InChI is InChI=1S/C15H23NO2/c1-12(2)6-4-7-13(3)10-11-16-14(17)8-5-9-15(16)18/h6,10H,4-5,7-9,11H2,1-3H3/b13-10+. The van der Waals surface area contributed by atoms with E-state index >= 15 is 0 Å². The van der Waals surface area contributed by atoms with Gasteiger partial charge in [-0.2, -0.15) is 0 Å². The highest BCUT2D eigenvalue weighted by Crippen LogP contribution is 2.13. The lowest BCUT2D eigenvalue weighted by Gasteiger charge is -2.23. The van der Waals surface area contributed by atoms with Crippen LogP contribution in [0.3, 0.4) is 0 Å². The Morgan fingerprint density at radius 2 is 1.72 bits per heavy atom. The number of likely N-dealkylation sites (tertiary alicyclic amines) is 1. The molecule has 0 aromatic carbocycles. The summed E-state index contributed by atoms with van der Waals surface area (Å²) in [6, 6.07) is 0. The molecule has 0 spiro atoms. The molecule has 0 radical (unpaired) electrons. The monoisotopic (exact) mass is 249 g/mol. The minimum absolute atomic E-state index is 0.0281. The van der Waals surface area contributed by atoms with Gasteiger partial charge in [0.05, 0.1) is 0 Å². The number of nitrogens with zero attached hydrogens (tertiary/aromatic N) is 1. The Morgan fingerprint density at radius 3 is 2.28 bits per heavy atom. The predicted molar refractivity (Wildman–Crippen MR) is 73.0 cm³/mol. The third-order valence-corrected chi connectivity index (χ3v) is 3.10. The Balaban J connectivity index is 2.44. The second-order valence-electron chi connectivity index (χ2n) is 5.12. The smallest absolute Gasteiger partial charge is 0.229 e. The molecule has 1 aliphatic rings. The van der Waals surface area contributed by atoms with Crippen molar-refractivity contribution in [3.05, 3.63) is 23.3 Å². The maximum absolute atomic E-state index is 11.6. The van der Waals surface area contributed by atoms with Gasteiger partial charge in [0.25, 0.3) is 0 Å². The van der Waals surface area contributed by atoms with Crippen LogP contribution in [0.4, 0.5) is 0 Å². The first-order valence-electron chi connectivity index (χ1n) is 6.63. The molecule has 3 nitrogen and oxygen atoms in total. The molecule has 100 valence electrons. The van der Waals surface area contributed by atoms with Gasteiger partial charge >= 0.3 is 0 Å². The van der Waals surface area contributed by atoms with E-state index < -0.39 is 0 Å². The van der Waals surface area contributed by atoms with Gasteiger partial charge in [-0.1, -0.05) is 23.3 Å². The predicted octanol–water partition coefficient (Wildman–Crippen LogP) is 3.22. The Morgan fingerprint density at radius 1 is 1.11 bits per heavy atom. The van der Waals surface area contributed by atoms with Crippen molar-refractivity contribution in [3.63, 3.8) is 0 Å². The van der Waals surface area contributed by atoms with E-state index in [2.05, 4.69) is 26.8 Å². The molecular weight excluding hydrogens is 226 g/mol. The molecule has 0 bridgehead atoms. The Hall–Kier alpha value is -1.38. The molecule has 18 heavy (non-hydrogen) atoms. The summed E-state index contributed by atoms with van der Waals surface area (Å²) in [4.78, 5) is 24.6. The van der Waals surface area contributed by atoms with Gasteiger partial charge in [0.1, 0.15) is 0 Å². The molecule has 1 saturated heterocycles. The van der Waals surface area contributed by atoms with Crippen LogP contribution >= 0.6 is 0 Å². The molecule has 3 heteroatoms. The highest BCUT2D eigenvalue weighted by Gasteiger charge is 2.24. The second-order valence-corrected chi connectivity index (χ2v) is 5.12. The molecular formula is C15H23NO2. The molecule has 0 saturated carbocycles. The van der Waals surface area contributed by atoms with Gasteiger partial charge in [-0.05, 0) is 40.0 Å². The van der Waals surface area contributed by atoms with Gasteiger partial charge in [-0.3, -0.25) is 14.5 Å². The fraction of sp³-hybridized carbons (Fsp3) is 0.600. The summed E-state index contributed by atoms with van der Waals surface area (Å²) in [6.07, 6.45) is 7.94. The normalized spacial score (nSPS) is 17.1. The van der Waals surface area contributed by atoms with Crippen molar-refractivity contribution in [3.8, 4) is 0 Å². The van der Waals surface area contributed by atoms with Crippen LogP contribution in [0.2, 0.25) is 0 Å². The summed E-state index contributed by atoms with van der Waals surface area (Å²) < 4.78 is 0. The van der Waals surface area contributed by atoms with Gasteiger partial charge in [-0.25, -0.2) is 0 Å². The summed E-state index contributed by atoms with van der Waals surface area (Å²) in [5, 5.41) is 0. The third kappa shape index (κ3) is 4.86. The van der Waals surface area contributed by atoms with Crippen molar-refractivity contribution in [1.29, 1.82) is 0 Å². The van der Waals surface area contributed by atoms with E-state index in [0.29, 0.717) is 25.8 Å². The first-order chi connectivity index (χ1) is 8.50. The second kappa shape index (κ2) is 7.14. The molecule has 0 atom stereocenters. The summed E-state index contributed by atoms with van der Waals surface area (Å²) in [5.41, 5.74) is 2.56. The number of imide groups is 1. The van der Waals surface area contributed by atoms with E-state index in [0.717, 1.165) is 12.8 Å². The van der Waals surface area contributed by atoms with Crippen LogP contribution in [0.1, 0.15) is 52.9 Å². The Bertz CT molecular complexity index is 360. The average Bonchev–Trinajstić information content (AvgIpc) is 2.27. The topological polar surface area (TPSA) is 37.4 Å². The van der Waals surface area contributed by atoms with Gasteiger partial charge in [0.15, 0.2) is 0 Å². The zero-order chi connectivity index (χ0) is 13.5. The maximum Gasteiger partial charge on any atom is 0.229 e. The Labute approximate surface area is 110 Å². The van der Waals surface area contributed by atoms with Crippen molar-refractivity contribution in [2.45, 2.75) is 52.9 Å². The average molecular weight is 249 g/mol. The number of amides is 2. The molecule has 1 rings (SSSR count). The van der Waals surface area contributed by atoms with E-state index in [1.807, 2.05) is 6.08 Å². The molecule has 1 fully saturated rings. The minimum Gasteiger partial charge on any atom is -0.279 e. The summed E-state index contributed by atoms with van der Waals surface area (Å²) in [5.74, 6) is -0.0563. The van der Waals surface area contributed by atoms with Crippen LogP contribution in [0, 0.1) is 0 Å². The highest BCUT2D eigenvalue weighted by molar-refractivity contribution is 5.97. The number of allylic oxidation sites excluding steroid dienone is 3. The van der Waals surface area contributed by atoms with Crippen LogP contribution in [0.25, 0.3) is 0 Å². The van der Waals surface area contributed by atoms with Crippen molar-refractivity contribution >= 4 is 11.8 Å². The number of carbonyl (C=O) groups is 2. The zero-order valence-electron chi connectivity index (χ0n) is 11.7. The molecule has 0 aromatic heterocycles. The molecule has 1 aliphatic heterocycles. The number of piperidine rings is 1. The van der Waals surface area contributed by atoms with Gasteiger partial charge in [0, 0.05) is 19.4 Å². The largest absolute Gasteiger partial charge is 0.279 e. The fourth-order valence-electron chi connectivity index (χ4n) is 1.94. The number of carbonyl (C=O) groups excluding carboxylic acids is 2. The number of hydrogen-bond donors (Lipinski definition) is 0. The summed E-state index contributed by atoms with van der Waals surface area (Å²) in [6.45, 7) is 6.67. The summed E-state index contributed by atoms with van der Waals surface area (Å²) >= 11 is 0. The first kappa shape index (κ1) is 14.7. The van der Waals surface area contributed by atoms with Crippen molar-refractivity contribution in [2.24, 2.45) is 0 Å². The van der Waals surface area contributed by atoms with E-state index in [4.69, 9.17) is 0 Å².